The zero-order valence-electron chi connectivity index (χ0n) is 19.5. The summed E-state index contributed by atoms with van der Waals surface area (Å²) in [5, 5.41) is 12.7. The van der Waals surface area contributed by atoms with Crippen LogP contribution in [0.15, 0.2) is 18.2 Å². The Morgan fingerprint density at radius 1 is 1.28 bits per heavy atom. The van der Waals surface area contributed by atoms with Crippen molar-refractivity contribution < 1.29 is 19.4 Å². The number of carbonyl (C=O) groups excluding carboxylic acids is 2. The molecule has 3 atom stereocenters. The quantitative estimate of drug-likeness (QED) is 0.645. The fourth-order valence-corrected chi connectivity index (χ4v) is 4.44. The summed E-state index contributed by atoms with van der Waals surface area (Å²) in [6.07, 6.45) is 4.61. The molecule has 7 nitrogen and oxygen atoms in total. The first-order chi connectivity index (χ1) is 15.3. The number of anilines is 1. The van der Waals surface area contributed by atoms with E-state index in [4.69, 9.17) is 4.74 Å². The summed E-state index contributed by atoms with van der Waals surface area (Å²) in [4.78, 5) is 29.6. The Labute approximate surface area is 191 Å². The SMILES string of the molecule is C[C@H]1CN([C@@H](C)CO)C(=O)Cc2cc(NC(=O)C3CC3)ccc2O[C@H]1CN(C)CC1CC1. The summed E-state index contributed by atoms with van der Waals surface area (Å²) in [7, 11) is 2.14. The van der Waals surface area contributed by atoms with Gasteiger partial charge in [0.1, 0.15) is 11.9 Å². The predicted octanol–water partition coefficient (Wildman–Crippen LogP) is 2.53. The van der Waals surface area contributed by atoms with Crippen molar-refractivity contribution >= 4 is 17.5 Å². The molecule has 1 aromatic carbocycles. The molecule has 2 fully saturated rings. The number of rotatable bonds is 8. The average molecular weight is 444 g/mol. The van der Waals surface area contributed by atoms with Gasteiger partial charge in [0.05, 0.1) is 19.1 Å². The highest BCUT2D eigenvalue weighted by Crippen LogP contribution is 2.33. The van der Waals surface area contributed by atoms with Crippen LogP contribution in [-0.2, 0) is 16.0 Å². The van der Waals surface area contributed by atoms with Gasteiger partial charge in [0.15, 0.2) is 0 Å². The van der Waals surface area contributed by atoms with Crippen LogP contribution in [-0.4, -0.2) is 72.2 Å². The zero-order chi connectivity index (χ0) is 22.8. The number of nitrogens with one attached hydrogen (secondary N) is 1. The monoisotopic (exact) mass is 443 g/mol. The number of nitrogens with zero attached hydrogens (tertiary/aromatic N) is 2. The Morgan fingerprint density at radius 2 is 2.03 bits per heavy atom. The van der Waals surface area contributed by atoms with E-state index in [-0.39, 0.29) is 48.8 Å². The molecule has 0 saturated heterocycles. The summed E-state index contributed by atoms with van der Waals surface area (Å²) >= 11 is 0. The lowest BCUT2D eigenvalue weighted by atomic mass is 10.0. The van der Waals surface area contributed by atoms with Gasteiger partial charge in [-0.05, 0) is 63.8 Å². The van der Waals surface area contributed by atoms with Crippen molar-refractivity contribution in [3.63, 3.8) is 0 Å². The number of hydrogen-bond donors (Lipinski definition) is 2. The molecule has 0 aromatic heterocycles. The van der Waals surface area contributed by atoms with Gasteiger partial charge in [-0.25, -0.2) is 0 Å². The fraction of sp³-hybridized carbons (Fsp3) is 0.680. The highest BCUT2D eigenvalue weighted by molar-refractivity contribution is 5.94. The van der Waals surface area contributed by atoms with Crippen molar-refractivity contribution in [3.05, 3.63) is 23.8 Å². The Balaban J connectivity index is 1.59. The molecule has 4 rings (SSSR count). The topological polar surface area (TPSA) is 82.1 Å². The highest BCUT2D eigenvalue weighted by atomic mass is 16.5. The molecular weight excluding hydrogens is 406 g/mol. The normalized spacial score (nSPS) is 24.8. The van der Waals surface area contributed by atoms with Crippen LogP contribution in [0.1, 0.15) is 45.1 Å². The van der Waals surface area contributed by atoms with E-state index >= 15 is 0 Å². The van der Waals surface area contributed by atoms with E-state index in [9.17, 15) is 14.7 Å². The van der Waals surface area contributed by atoms with E-state index in [1.165, 1.54) is 12.8 Å². The second-order valence-electron chi connectivity index (χ2n) is 10.1. The minimum Gasteiger partial charge on any atom is -0.488 e. The molecular formula is C25H37N3O4. The Morgan fingerprint density at radius 3 is 2.69 bits per heavy atom. The summed E-state index contributed by atoms with van der Waals surface area (Å²) < 4.78 is 6.54. The number of ether oxygens (including phenoxy) is 1. The number of carbonyl (C=O) groups is 2. The largest absolute Gasteiger partial charge is 0.488 e. The molecule has 1 aliphatic heterocycles. The van der Waals surface area contributed by atoms with Crippen LogP contribution in [0.4, 0.5) is 5.69 Å². The van der Waals surface area contributed by atoms with Gasteiger partial charge in [-0.2, -0.15) is 0 Å². The van der Waals surface area contributed by atoms with Crippen LogP contribution in [0.5, 0.6) is 5.75 Å². The lowest BCUT2D eigenvalue weighted by Gasteiger charge is -2.34. The van der Waals surface area contributed by atoms with Crippen LogP contribution < -0.4 is 10.1 Å². The van der Waals surface area contributed by atoms with Gasteiger partial charge < -0.3 is 25.0 Å². The Bertz CT molecular complexity index is 836. The standard InChI is InChI=1S/C25H37N3O4/c1-16-12-28(17(2)15-29)24(30)11-20-10-21(26-25(31)19-6-7-19)8-9-22(20)32-23(16)14-27(3)13-18-4-5-18/h8-10,16-19,23,29H,4-7,11-15H2,1-3H3,(H,26,31)/t16-,17-,23-/m0/s1. The molecule has 0 unspecified atom stereocenters. The number of likely N-dealkylation sites (N-methyl/N-ethyl adjacent to an activating group) is 1. The van der Waals surface area contributed by atoms with Gasteiger partial charge in [0.2, 0.25) is 11.8 Å². The lowest BCUT2D eigenvalue weighted by Crippen LogP contribution is -2.47. The second-order valence-corrected chi connectivity index (χ2v) is 10.1. The van der Waals surface area contributed by atoms with E-state index in [0.29, 0.717) is 18.0 Å². The van der Waals surface area contributed by atoms with Gasteiger partial charge in [-0.15, -0.1) is 0 Å². The first-order valence-corrected chi connectivity index (χ1v) is 12.0. The van der Waals surface area contributed by atoms with Gasteiger partial charge in [-0.3, -0.25) is 9.59 Å². The van der Waals surface area contributed by atoms with E-state index in [1.807, 2.05) is 25.1 Å². The maximum Gasteiger partial charge on any atom is 0.227 e. The third-order valence-corrected chi connectivity index (χ3v) is 6.89. The summed E-state index contributed by atoms with van der Waals surface area (Å²) in [5.74, 6) is 1.74. The van der Waals surface area contributed by atoms with Crippen LogP contribution in [0.25, 0.3) is 0 Å². The van der Waals surface area contributed by atoms with Crippen molar-refractivity contribution in [3.8, 4) is 5.75 Å². The van der Waals surface area contributed by atoms with Gasteiger partial charge in [-0.1, -0.05) is 6.92 Å². The molecule has 2 saturated carbocycles. The van der Waals surface area contributed by atoms with Crippen LogP contribution in [0, 0.1) is 17.8 Å². The van der Waals surface area contributed by atoms with E-state index < -0.39 is 0 Å². The average Bonchev–Trinajstić information content (AvgIpc) is 3.66. The highest BCUT2D eigenvalue weighted by Gasteiger charge is 2.33. The smallest absolute Gasteiger partial charge is 0.227 e. The van der Waals surface area contributed by atoms with Crippen molar-refractivity contribution in [2.45, 2.75) is 58.1 Å². The lowest BCUT2D eigenvalue weighted by molar-refractivity contribution is -0.134. The van der Waals surface area contributed by atoms with Crippen molar-refractivity contribution in [1.29, 1.82) is 0 Å². The third kappa shape index (κ3) is 5.81. The molecule has 3 aliphatic rings. The van der Waals surface area contributed by atoms with E-state index in [1.54, 1.807) is 4.90 Å². The van der Waals surface area contributed by atoms with E-state index in [0.717, 1.165) is 37.4 Å². The van der Waals surface area contributed by atoms with Gasteiger partial charge in [0.25, 0.3) is 0 Å². The molecule has 2 amide bonds. The molecule has 0 bridgehead atoms. The first-order valence-electron chi connectivity index (χ1n) is 12.0. The Kier molecular flexibility index (Phi) is 7.05. The van der Waals surface area contributed by atoms with E-state index in [2.05, 4.69) is 24.2 Å². The molecule has 0 radical (unpaired) electrons. The number of hydrogen-bond acceptors (Lipinski definition) is 5. The molecule has 7 heteroatoms. The maximum atomic E-state index is 13.2. The maximum absolute atomic E-state index is 13.2. The fourth-order valence-electron chi connectivity index (χ4n) is 4.44. The minimum atomic E-state index is -0.255. The van der Waals surface area contributed by atoms with Crippen LogP contribution in [0.3, 0.4) is 0 Å². The van der Waals surface area contributed by atoms with Crippen LogP contribution in [0.2, 0.25) is 0 Å². The predicted molar refractivity (Wildman–Crippen MR) is 124 cm³/mol. The molecule has 0 spiro atoms. The number of fused-ring (bicyclic) bond motifs is 1. The summed E-state index contributed by atoms with van der Waals surface area (Å²) in [6, 6.07) is 5.37. The number of benzene rings is 1. The molecule has 176 valence electrons. The molecule has 1 aromatic rings. The number of aliphatic hydroxyl groups excluding tert-OH is 1. The third-order valence-electron chi connectivity index (χ3n) is 6.89. The summed E-state index contributed by atoms with van der Waals surface area (Å²) in [6.45, 7) is 6.33. The van der Waals surface area contributed by atoms with Crippen LogP contribution >= 0.6 is 0 Å². The molecule has 1 heterocycles. The van der Waals surface area contributed by atoms with Crippen molar-refractivity contribution in [2.24, 2.45) is 17.8 Å². The minimum absolute atomic E-state index is 0.0269. The zero-order valence-corrected chi connectivity index (χ0v) is 19.5. The molecule has 32 heavy (non-hydrogen) atoms. The number of aliphatic hydroxyl groups is 1. The summed E-state index contributed by atoms with van der Waals surface area (Å²) in [5.41, 5.74) is 1.48. The second kappa shape index (κ2) is 9.79. The van der Waals surface area contributed by atoms with Gasteiger partial charge >= 0.3 is 0 Å². The molecule has 2 aliphatic carbocycles. The molecule has 2 N–H and O–H groups in total. The Hall–Kier alpha value is -2.12. The number of amides is 2. The van der Waals surface area contributed by atoms with Crippen molar-refractivity contribution in [2.75, 3.05) is 38.6 Å². The van der Waals surface area contributed by atoms with Gasteiger partial charge in [0, 0.05) is 42.7 Å². The van der Waals surface area contributed by atoms with Crippen molar-refractivity contribution in [1.82, 2.24) is 9.80 Å². The first kappa shape index (κ1) is 23.1.